The molecule has 0 bridgehead atoms. The zero-order chi connectivity index (χ0) is 23.1. The Morgan fingerprint density at radius 2 is 1.75 bits per heavy atom. The van der Waals surface area contributed by atoms with Crippen LogP contribution >= 0.6 is 0 Å². The minimum Gasteiger partial charge on any atom is -0.493 e. The fourth-order valence-electron chi connectivity index (χ4n) is 3.97. The maximum Gasteiger partial charge on any atom is 0.223 e. The van der Waals surface area contributed by atoms with E-state index in [0.717, 1.165) is 16.7 Å². The predicted octanol–water partition coefficient (Wildman–Crippen LogP) is 2.91. The Balaban J connectivity index is 1.46. The van der Waals surface area contributed by atoms with Gasteiger partial charge in [-0.3, -0.25) is 4.79 Å². The molecule has 0 radical (unpaired) electrons. The van der Waals surface area contributed by atoms with E-state index in [4.69, 9.17) is 9.47 Å². The summed E-state index contributed by atoms with van der Waals surface area (Å²) in [4.78, 5) is 12.6. The fourth-order valence-corrected chi connectivity index (χ4v) is 5.63. The second-order valence-corrected chi connectivity index (χ2v) is 10.1. The minimum absolute atomic E-state index is 0.00185. The third-order valence-corrected chi connectivity index (χ3v) is 7.81. The van der Waals surface area contributed by atoms with Crippen molar-refractivity contribution in [2.45, 2.75) is 31.9 Å². The van der Waals surface area contributed by atoms with Crippen LogP contribution in [0.1, 0.15) is 29.5 Å². The Morgan fingerprint density at radius 1 is 1.06 bits per heavy atom. The van der Waals surface area contributed by atoms with Crippen LogP contribution in [0, 0.1) is 12.8 Å². The molecule has 0 aromatic heterocycles. The second-order valence-electron chi connectivity index (χ2n) is 8.09. The highest BCUT2D eigenvalue weighted by molar-refractivity contribution is 7.88. The predicted molar refractivity (Wildman–Crippen MR) is 124 cm³/mol. The summed E-state index contributed by atoms with van der Waals surface area (Å²) in [5.41, 5.74) is 2.84. The van der Waals surface area contributed by atoms with Gasteiger partial charge in [0.1, 0.15) is 0 Å². The molecular formula is C24H32N2O5S. The van der Waals surface area contributed by atoms with Crippen LogP contribution in [-0.2, 0) is 27.0 Å². The third kappa shape index (κ3) is 6.01. The summed E-state index contributed by atoms with van der Waals surface area (Å²) < 4.78 is 37.7. The van der Waals surface area contributed by atoms with E-state index in [1.54, 1.807) is 14.2 Å². The van der Waals surface area contributed by atoms with Crippen molar-refractivity contribution < 1.29 is 22.7 Å². The number of amides is 1. The third-order valence-electron chi connectivity index (χ3n) is 5.98. The average Bonchev–Trinajstić information content (AvgIpc) is 2.80. The van der Waals surface area contributed by atoms with Crippen molar-refractivity contribution in [2.24, 2.45) is 5.92 Å². The second kappa shape index (κ2) is 10.8. The molecule has 1 fully saturated rings. The lowest BCUT2D eigenvalue weighted by Gasteiger charge is -2.30. The number of sulfonamides is 1. The molecule has 0 unspecified atom stereocenters. The molecule has 1 heterocycles. The van der Waals surface area contributed by atoms with E-state index in [-0.39, 0.29) is 17.6 Å². The van der Waals surface area contributed by atoms with Gasteiger partial charge in [-0.05, 0) is 55.0 Å². The van der Waals surface area contributed by atoms with Crippen LogP contribution in [0.15, 0.2) is 42.5 Å². The van der Waals surface area contributed by atoms with Gasteiger partial charge in [0, 0.05) is 25.6 Å². The lowest BCUT2D eigenvalue weighted by Crippen LogP contribution is -2.43. The number of rotatable bonds is 9. The number of ether oxygens (including phenoxy) is 2. The molecule has 1 aliphatic rings. The van der Waals surface area contributed by atoms with Crippen LogP contribution in [0.5, 0.6) is 11.5 Å². The van der Waals surface area contributed by atoms with Gasteiger partial charge in [-0.25, -0.2) is 12.7 Å². The summed E-state index contributed by atoms with van der Waals surface area (Å²) in [5, 5.41) is 2.99. The van der Waals surface area contributed by atoms with E-state index < -0.39 is 10.0 Å². The molecule has 3 rings (SSSR count). The first-order valence-corrected chi connectivity index (χ1v) is 12.5. The topological polar surface area (TPSA) is 84.9 Å². The molecule has 0 aliphatic carbocycles. The van der Waals surface area contributed by atoms with Crippen molar-refractivity contribution in [2.75, 3.05) is 33.9 Å². The van der Waals surface area contributed by atoms with Crippen molar-refractivity contribution in [3.05, 3.63) is 59.2 Å². The van der Waals surface area contributed by atoms with Gasteiger partial charge in [0.25, 0.3) is 0 Å². The Hall–Kier alpha value is -2.58. The van der Waals surface area contributed by atoms with Crippen LogP contribution in [0.4, 0.5) is 0 Å². The molecule has 0 atom stereocenters. The van der Waals surface area contributed by atoms with Gasteiger partial charge >= 0.3 is 0 Å². The minimum atomic E-state index is -3.39. The number of carbonyl (C=O) groups is 1. The van der Waals surface area contributed by atoms with Crippen molar-refractivity contribution >= 4 is 15.9 Å². The Bertz CT molecular complexity index is 1030. The van der Waals surface area contributed by atoms with Gasteiger partial charge in [0.05, 0.1) is 20.0 Å². The Labute approximate surface area is 190 Å². The number of hydrogen-bond donors (Lipinski definition) is 1. The Morgan fingerprint density at radius 3 is 2.41 bits per heavy atom. The zero-order valence-corrected chi connectivity index (χ0v) is 19.8. The van der Waals surface area contributed by atoms with Crippen LogP contribution in [0.3, 0.4) is 0 Å². The molecule has 0 saturated carbocycles. The summed E-state index contributed by atoms with van der Waals surface area (Å²) in [6.07, 6.45) is 1.75. The highest BCUT2D eigenvalue weighted by atomic mass is 32.2. The van der Waals surface area contributed by atoms with Crippen LogP contribution in [-0.4, -0.2) is 52.5 Å². The molecule has 1 amide bonds. The van der Waals surface area contributed by atoms with Crippen molar-refractivity contribution in [1.82, 2.24) is 9.62 Å². The first-order chi connectivity index (χ1) is 15.3. The molecule has 7 nitrogen and oxygen atoms in total. The number of nitrogens with one attached hydrogen (secondary N) is 1. The SMILES string of the molecule is COc1ccc(CCNC(=O)C2CCN(S(=O)(=O)Cc3ccccc3C)CC2)cc1OC. The van der Waals surface area contributed by atoms with Crippen molar-refractivity contribution in [1.29, 1.82) is 0 Å². The van der Waals surface area contributed by atoms with E-state index in [1.165, 1.54) is 4.31 Å². The van der Waals surface area contributed by atoms with Crippen LogP contribution in [0.25, 0.3) is 0 Å². The number of carbonyl (C=O) groups excluding carboxylic acids is 1. The first-order valence-electron chi connectivity index (χ1n) is 10.8. The molecule has 1 aliphatic heterocycles. The fraction of sp³-hybridized carbons (Fsp3) is 0.458. The molecule has 0 spiro atoms. The number of aryl methyl sites for hydroxylation is 1. The number of hydrogen-bond acceptors (Lipinski definition) is 5. The molecular weight excluding hydrogens is 428 g/mol. The van der Waals surface area contributed by atoms with Gasteiger partial charge in [-0.1, -0.05) is 30.3 Å². The van der Waals surface area contributed by atoms with E-state index in [2.05, 4.69) is 5.32 Å². The standard InChI is InChI=1S/C24H32N2O5S/c1-18-6-4-5-7-21(18)17-32(28,29)26-14-11-20(12-15-26)24(27)25-13-10-19-8-9-22(30-2)23(16-19)31-3/h4-9,16,20H,10-15,17H2,1-3H3,(H,25,27). The van der Waals surface area contributed by atoms with Gasteiger partial charge < -0.3 is 14.8 Å². The smallest absolute Gasteiger partial charge is 0.223 e. The van der Waals surface area contributed by atoms with Gasteiger partial charge in [-0.2, -0.15) is 0 Å². The maximum absolute atomic E-state index is 12.8. The molecule has 2 aromatic carbocycles. The molecule has 2 aromatic rings. The summed E-state index contributed by atoms with van der Waals surface area (Å²) in [6, 6.07) is 13.2. The number of piperidine rings is 1. The summed E-state index contributed by atoms with van der Waals surface area (Å²) >= 11 is 0. The quantitative estimate of drug-likeness (QED) is 0.622. The van der Waals surface area contributed by atoms with Crippen molar-refractivity contribution in [3.8, 4) is 11.5 Å². The number of benzene rings is 2. The van der Waals surface area contributed by atoms with Gasteiger partial charge in [-0.15, -0.1) is 0 Å². The maximum atomic E-state index is 12.8. The van der Waals surface area contributed by atoms with E-state index >= 15 is 0 Å². The normalized spacial score (nSPS) is 15.3. The molecule has 32 heavy (non-hydrogen) atoms. The lowest BCUT2D eigenvalue weighted by molar-refractivity contribution is -0.126. The van der Waals surface area contributed by atoms with Gasteiger partial charge in [0.15, 0.2) is 11.5 Å². The van der Waals surface area contributed by atoms with E-state index in [9.17, 15) is 13.2 Å². The molecule has 1 N–H and O–H groups in total. The van der Waals surface area contributed by atoms with Gasteiger partial charge in [0.2, 0.25) is 15.9 Å². The highest BCUT2D eigenvalue weighted by Gasteiger charge is 2.31. The molecule has 8 heteroatoms. The lowest BCUT2D eigenvalue weighted by atomic mass is 9.97. The summed E-state index contributed by atoms with van der Waals surface area (Å²) in [5.74, 6) is 1.16. The zero-order valence-electron chi connectivity index (χ0n) is 19.0. The van der Waals surface area contributed by atoms with E-state index in [0.29, 0.717) is 50.4 Å². The highest BCUT2D eigenvalue weighted by Crippen LogP contribution is 2.27. The summed E-state index contributed by atoms with van der Waals surface area (Å²) in [7, 11) is -0.205. The largest absolute Gasteiger partial charge is 0.493 e. The molecule has 174 valence electrons. The number of nitrogens with zero attached hydrogens (tertiary/aromatic N) is 1. The van der Waals surface area contributed by atoms with Crippen LogP contribution in [0.2, 0.25) is 0 Å². The Kier molecular flexibility index (Phi) is 8.15. The molecule has 1 saturated heterocycles. The van der Waals surface area contributed by atoms with Crippen LogP contribution < -0.4 is 14.8 Å². The monoisotopic (exact) mass is 460 g/mol. The summed E-state index contributed by atoms with van der Waals surface area (Å²) in [6.45, 7) is 3.19. The van der Waals surface area contributed by atoms with Crippen molar-refractivity contribution in [3.63, 3.8) is 0 Å². The first kappa shape index (κ1) is 24.1. The average molecular weight is 461 g/mol. The van der Waals surface area contributed by atoms with E-state index in [1.807, 2.05) is 49.4 Å². The number of methoxy groups -OCH3 is 2.